The van der Waals surface area contributed by atoms with E-state index in [4.69, 9.17) is 22.7 Å². The maximum absolute atomic E-state index is 11.7. The van der Waals surface area contributed by atoms with Crippen LogP contribution in [0.5, 0.6) is 0 Å². The smallest absolute Gasteiger partial charge is 0.252 e. The zero-order valence-electron chi connectivity index (χ0n) is 12.2. The molecule has 0 fully saturated rings. The van der Waals surface area contributed by atoms with E-state index in [0.717, 1.165) is 0 Å². The number of hydrogen-bond donors (Lipinski definition) is 2. The first-order valence-corrected chi connectivity index (χ1v) is 6.98. The average molecular weight is 298 g/mol. The van der Waals surface area contributed by atoms with Gasteiger partial charge < -0.3 is 20.4 Å². The first kappa shape index (κ1) is 16.6. The predicted molar refractivity (Wildman–Crippen MR) is 84.4 cm³/mol. The van der Waals surface area contributed by atoms with Crippen molar-refractivity contribution in [2.75, 3.05) is 31.7 Å². The zero-order chi connectivity index (χ0) is 15.1. The van der Waals surface area contributed by atoms with Gasteiger partial charge in [-0.15, -0.1) is 0 Å². The van der Waals surface area contributed by atoms with Crippen LogP contribution in [-0.4, -0.2) is 41.8 Å². The average Bonchev–Trinajstić information content (AvgIpc) is 2.37. The molecule has 20 heavy (non-hydrogen) atoms. The molecule has 0 amide bonds. The number of thiocarbonyl (C=S) groups is 1. The van der Waals surface area contributed by atoms with E-state index < -0.39 is 0 Å². The number of aromatic amines is 1. The van der Waals surface area contributed by atoms with Gasteiger partial charge in [-0.05, 0) is 0 Å². The third-order valence-electron chi connectivity index (χ3n) is 2.81. The maximum atomic E-state index is 11.7. The molecule has 1 aromatic rings. The summed E-state index contributed by atoms with van der Waals surface area (Å²) in [6, 6.07) is 1.49. The second kappa shape index (κ2) is 7.96. The molecule has 112 valence electrons. The van der Waals surface area contributed by atoms with Crippen LogP contribution in [0.15, 0.2) is 10.9 Å². The molecular formula is C13H22N4O2S. The Kier molecular flexibility index (Phi) is 6.60. The van der Waals surface area contributed by atoms with Gasteiger partial charge in [0.1, 0.15) is 11.6 Å². The molecule has 3 N–H and O–H groups in total. The van der Waals surface area contributed by atoms with Gasteiger partial charge in [0.2, 0.25) is 0 Å². The minimum atomic E-state index is -0.156. The Balaban J connectivity index is 2.98. The summed E-state index contributed by atoms with van der Waals surface area (Å²) < 4.78 is 5.09. The summed E-state index contributed by atoms with van der Waals surface area (Å²) in [6.07, 6.45) is 0.574. The molecule has 1 aromatic heterocycles. The highest BCUT2D eigenvalue weighted by Crippen LogP contribution is 2.13. The van der Waals surface area contributed by atoms with Gasteiger partial charge >= 0.3 is 0 Å². The van der Waals surface area contributed by atoms with Crippen LogP contribution in [0, 0.1) is 0 Å². The Morgan fingerprint density at radius 2 is 2.25 bits per heavy atom. The minimum Gasteiger partial charge on any atom is -0.393 e. The summed E-state index contributed by atoms with van der Waals surface area (Å²) in [4.78, 5) is 21.4. The van der Waals surface area contributed by atoms with Crippen molar-refractivity contribution in [3.05, 3.63) is 22.2 Å². The zero-order valence-corrected chi connectivity index (χ0v) is 13.0. The lowest BCUT2D eigenvalue weighted by Crippen LogP contribution is -2.32. The van der Waals surface area contributed by atoms with Crippen molar-refractivity contribution in [3.8, 4) is 0 Å². The molecule has 0 radical (unpaired) electrons. The molecule has 0 saturated heterocycles. The Labute approximate surface area is 124 Å². The molecule has 0 aliphatic rings. The minimum absolute atomic E-state index is 0.155. The van der Waals surface area contributed by atoms with Crippen molar-refractivity contribution in [1.29, 1.82) is 0 Å². The SMILES string of the molecule is COCCN(CCC(N)=S)c1cc(=O)[nH]c(C(C)C)n1. The fraction of sp³-hybridized carbons (Fsp3) is 0.615. The van der Waals surface area contributed by atoms with Crippen LogP contribution in [0.1, 0.15) is 32.0 Å². The van der Waals surface area contributed by atoms with E-state index in [1.807, 2.05) is 18.7 Å². The predicted octanol–water partition coefficient (Wildman–Crippen LogP) is 1.02. The van der Waals surface area contributed by atoms with Crippen LogP contribution >= 0.6 is 12.2 Å². The number of nitrogens with zero attached hydrogens (tertiary/aromatic N) is 2. The molecule has 0 aliphatic carbocycles. The Hall–Kier alpha value is -1.47. The van der Waals surface area contributed by atoms with E-state index in [9.17, 15) is 4.79 Å². The van der Waals surface area contributed by atoms with Crippen molar-refractivity contribution in [3.63, 3.8) is 0 Å². The van der Waals surface area contributed by atoms with Crippen LogP contribution in [0.2, 0.25) is 0 Å². The Morgan fingerprint density at radius 1 is 1.55 bits per heavy atom. The van der Waals surface area contributed by atoms with Crippen LogP contribution < -0.4 is 16.2 Å². The van der Waals surface area contributed by atoms with E-state index in [0.29, 0.717) is 42.7 Å². The van der Waals surface area contributed by atoms with Crippen molar-refractivity contribution in [2.24, 2.45) is 5.73 Å². The van der Waals surface area contributed by atoms with E-state index in [1.165, 1.54) is 6.07 Å². The molecule has 0 aromatic carbocycles. The van der Waals surface area contributed by atoms with E-state index in [1.54, 1.807) is 7.11 Å². The quantitative estimate of drug-likeness (QED) is 0.697. The lowest BCUT2D eigenvalue weighted by molar-refractivity contribution is 0.205. The number of aromatic nitrogens is 2. The highest BCUT2D eigenvalue weighted by Gasteiger charge is 2.12. The molecule has 0 unspecified atom stereocenters. The van der Waals surface area contributed by atoms with Crippen LogP contribution in [0.4, 0.5) is 5.82 Å². The molecular weight excluding hydrogens is 276 g/mol. The Bertz CT molecular complexity index is 501. The van der Waals surface area contributed by atoms with Crippen LogP contribution in [0.25, 0.3) is 0 Å². The number of anilines is 1. The van der Waals surface area contributed by atoms with Gasteiger partial charge in [-0.1, -0.05) is 26.1 Å². The van der Waals surface area contributed by atoms with E-state index in [2.05, 4.69) is 9.97 Å². The fourth-order valence-corrected chi connectivity index (χ4v) is 1.78. The molecule has 0 spiro atoms. The normalized spacial score (nSPS) is 10.8. The molecule has 0 atom stereocenters. The lowest BCUT2D eigenvalue weighted by atomic mass is 10.2. The second-order valence-electron chi connectivity index (χ2n) is 4.84. The summed E-state index contributed by atoms with van der Waals surface area (Å²) in [7, 11) is 1.64. The van der Waals surface area contributed by atoms with Crippen molar-refractivity contribution >= 4 is 23.0 Å². The largest absolute Gasteiger partial charge is 0.393 e. The van der Waals surface area contributed by atoms with Crippen molar-refractivity contribution < 1.29 is 4.74 Å². The topological polar surface area (TPSA) is 84.2 Å². The van der Waals surface area contributed by atoms with Crippen molar-refractivity contribution in [2.45, 2.75) is 26.2 Å². The standard InChI is InChI=1S/C13H22N4O2S/c1-9(2)13-15-11(8-12(18)16-13)17(6-7-19-3)5-4-10(14)20/h8-9H,4-7H2,1-3H3,(H2,14,20)(H,15,16,18). The third-order valence-corrected chi connectivity index (χ3v) is 3.01. The number of H-pyrrole nitrogens is 1. The summed E-state index contributed by atoms with van der Waals surface area (Å²) in [5, 5.41) is 0. The van der Waals surface area contributed by atoms with Gasteiger partial charge in [-0.25, -0.2) is 4.98 Å². The van der Waals surface area contributed by atoms with Crippen LogP contribution in [-0.2, 0) is 4.74 Å². The van der Waals surface area contributed by atoms with Crippen LogP contribution in [0.3, 0.4) is 0 Å². The third kappa shape index (κ3) is 5.26. The molecule has 0 saturated carbocycles. The fourth-order valence-electron chi connectivity index (χ4n) is 1.69. The van der Waals surface area contributed by atoms with E-state index >= 15 is 0 Å². The molecule has 7 heteroatoms. The highest BCUT2D eigenvalue weighted by atomic mass is 32.1. The number of nitrogens with two attached hydrogens (primary N) is 1. The molecule has 1 rings (SSSR count). The summed E-state index contributed by atoms with van der Waals surface area (Å²) in [5.41, 5.74) is 5.38. The van der Waals surface area contributed by atoms with Gasteiger partial charge in [0.05, 0.1) is 11.6 Å². The van der Waals surface area contributed by atoms with Gasteiger partial charge in [0, 0.05) is 38.6 Å². The van der Waals surface area contributed by atoms with Gasteiger partial charge in [-0.2, -0.15) is 0 Å². The summed E-state index contributed by atoms with van der Waals surface area (Å²) in [5.74, 6) is 1.46. The second-order valence-corrected chi connectivity index (χ2v) is 5.36. The number of methoxy groups -OCH3 is 1. The summed E-state index contributed by atoms with van der Waals surface area (Å²) in [6.45, 7) is 5.76. The molecule has 0 aliphatic heterocycles. The molecule has 0 bridgehead atoms. The van der Waals surface area contributed by atoms with Crippen molar-refractivity contribution in [1.82, 2.24) is 9.97 Å². The molecule has 6 nitrogen and oxygen atoms in total. The maximum Gasteiger partial charge on any atom is 0.252 e. The van der Waals surface area contributed by atoms with E-state index in [-0.39, 0.29) is 11.5 Å². The number of rotatable bonds is 8. The summed E-state index contributed by atoms with van der Waals surface area (Å²) >= 11 is 4.90. The monoisotopic (exact) mass is 298 g/mol. The Morgan fingerprint density at radius 3 is 2.80 bits per heavy atom. The molecule has 1 heterocycles. The highest BCUT2D eigenvalue weighted by molar-refractivity contribution is 7.80. The number of nitrogens with one attached hydrogen (secondary N) is 1. The van der Waals surface area contributed by atoms with Gasteiger partial charge in [-0.3, -0.25) is 4.79 Å². The lowest BCUT2D eigenvalue weighted by Gasteiger charge is -2.23. The van der Waals surface area contributed by atoms with Gasteiger partial charge in [0.15, 0.2) is 0 Å². The first-order valence-electron chi connectivity index (χ1n) is 6.57. The first-order chi connectivity index (χ1) is 9.43. The number of hydrogen-bond acceptors (Lipinski definition) is 5. The van der Waals surface area contributed by atoms with Gasteiger partial charge in [0.25, 0.3) is 5.56 Å². The number of ether oxygens (including phenoxy) is 1.